The van der Waals surface area contributed by atoms with Gasteiger partial charge in [-0.25, -0.2) is 0 Å². The highest BCUT2D eigenvalue weighted by atomic mass is 16.4. The maximum Gasteiger partial charge on any atom is 0.475 e. The van der Waals surface area contributed by atoms with Crippen LogP contribution in [0.4, 0.5) is 0 Å². The van der Waals surface area contributed by atoms with Gasteiger partial charge in [-0.2, -0.15) is 0 Å². The summed E-state index contributed by atoms with van der Waals surface area (Å²) in [5, 5.41) is 30.3. The highest BCUT2D eigenvalue weighted by Gasteiger charge is 2.36. The number of unbranched alkanes of at least 4 members (excludes halogenated alkanes) is 2. The number of carboxylic acid groups (broad SMARTS) is 1. The summed E-state index contributed by atoms with van der Waals surface area (Å²) in [6.45, 7) is 1.28. The number of carboxylic acids is 1. The van der Waals surface area contributed by atoms with Crippen molar-refractivity contribution in [1.29, 1.82) is 0 Å². The van der Waals surface area contributed by atoms with Crippen LogP contribution in [-0.4, -0.2) is 87.0 Å². The van der Waals surface area contributed by atoms with Crippen LogP contribution >= 0.6 is 0 Å². The third-order valence-corrected chi connectivity index (χ3v) is 5.25. The number of aliphatic carboxylic acids is 1. The summed E-state index contributed by atoms with van der Waals surface area (Å²) < 4.78 is 0. The maximum atomic E-state index is 12.2. The predicted octanol–water partition coefficient (Wildman–Crippen LogP) is -0.352. The van der Waals surface area contributed by atoms with Gasteiger partial charge >= 0.3 is 13.1 Å². The van der Waals surface area contributed by atoms with Gasteiger partial charge in [-0.1, -0.05) is 12.5 Å². The Morgan fingerprint density at radius 1 is 1.23 bits per heavy atom. The standard InChI is InChI=1S/C20H31BN4O6/c26-18(23-13-19(27)25-12-6-8-17(25)21(30)31)9-2-1-5-11-24(15-20(28)29)14-16-7-3-4-10-22-16/h3-4,7,10,17,30-31H,1-2,5-6,8-9,11-15H2,(H,23,26)(H,28,29). The molecule has 170 valence electrons. The van der Waals surface area contributed by atoms with E-state index in [9.17, 15) is 24.4 Å². The van der Waals surface area contributed by atoms with E-state index in [-0.39, 0.29) is 31.3 Å². The number of amides is 2. The van der Waals surface area contributed by atoms with Crippen LogP contribution < -0.4 is 5.32 Å². The van der Waals surface area contributed by atoms with Crippen molar-refractivity contribution in [1.82, 2.24) is 20.1 Å². The second-order valence-corrected chi connectivity index (χ2v) is 7.72. The van der Waals surface area contributed by atoms with Crippen molar-refractivity contribution in [2.24, 2.45) is 0 Å². The van der Waals surface area contributed by atoms with Gasteiger partial charge in [0.2, 0.25) is 11.8 Å². The summed E-state index contributed by atoms with van der Waals surface area (Å²) in [7, 11) is -1.57. The molecule has 0 saturated carbocycles. The van der Waals surface area contributed by atoms with Crippen LogP contribution in [0.25, 0.3) is 0 Å². The van der Waals surface area contributed by atoms with Crippen LogP contribution in [0.15, 0.2) is 24.4 Å². The summed E-state index contributed by atoms with van der Waals surface area (Å²) in [5.74, 6) is -2.05. The molecule has 2 rings (SSSR count). The quantitative estimate of drug-likeness (QED) is 0.244. The van der Waals surface area contributed by atoms with Gasteiger partial charge in [-0.15, -0.1) is 0 Å². The fourth-order valence-corrected chi connectivity index (χ4v) is 3.70. The zero-order valence-electron chi connectivity index (χ0n) is 17.7. The normalized spacial score (nSPS) is 15.8. The average Bonchev–Trinajstić information content (AvgIpc) is 3.22. The molecular formula is C20H31BN4O6. The first kappa shape index (κ1) is 24.8. The Bertz CT molecular complexity index is 721. The lowest BCUT2D eigenvalue weighted by molar-refractivity contribution is -0.138. The van der Waals surface area contributed by atoms with Gasteiger partial charge in [0.1, 0.15) is 0 Å². The number of hydrogen-bond donors (Lipinski definition) is 4. The summed E-state index contributed by atoms with van der Waals surface area (Å²) in [4.78, 5) is 42.7. The van der Waals surface area contributed by atoms with Crippen molar-refractivity contribution < 1.29 is 29.5 Å². The number of carbonyl (C=O) groups is 3. The van der Waals surface area contributed by atoms with E-state index in [1.807, 2.05) is 23.1 Å². The Morgan fingerprint density at radius 2 is 2.03 bits per heavy atom. The van der Waals surface area contributed by atoms with Crippen molar-refractivity contribution in [2.75, 3.05) is 26.2 Å². The molecule has 2 amide bonds. The van der Waals surface area contributed by atoms with Gasteiger partial charge in [0.25, 0.3) is 0 Å². The molecule has 1 aliphatic heterocycles. The average molecular weight is 434 g/mol. The van der Waals surface area contributed by atoms with Crippen molar-refractivity contribution >= 4 is 24.9 Å². The fourth-order valence-electron chi connectivity index (χ4n) is 3.70. The Morgan fingerprint density at radius 3 is 2.71 bits per heavy atom. The number of hydrogen-bond acceptors (Lipinski definition) is 7. The molecule has 1 aromatic rings. The predicted molar refractivity (Wildman–Crippen MR) is 114 cm³/mol. The van der Waals surface area contributed by atoms with Gasteiger partial charge in [0.05, 0.1) is 24.7 Å². The molecular weight excluding hydrogens is 403 g/mol. The topological polar surface area (TPSA) is 143 Å². The van der Waals surface area contributed by atoms with Crippen molar-refractivity contribution in [3.8, 4) is 0 Å². The molecule has 1 saturated heterocycles. The van der Waals surface area contributed by atoms with Gasteiger partial charge in [-0.05, 0) is 44.4 Å². The van der Waals surface area contributed by atoms with Crippen LogP contribution in [0, 0.1) is 0 Å². The molecule has 31 heavy (non-hydrogen) atoms. The first-order chi connectivity index (χ1) is 14.9. The van der Waals surface area contributed by atoms with Gasteiger partial charge in [-0.3, -0.25) is 24.3 Å². The molecule has 0 aliphatic carbocycles. The smallest absolute Gasteiger partial charge is 0.475 e. The number of aromatic nitrogens is 1. The Kier molecular flexibility index (Phi) is 10.4. The highest BCUT2D eigenvalue weighted by Crippen LogP contribution is 2.17. The highest BCUT2D eigenvalue weighted by molar-refractivity contribution is 6.43. The minimum Gasteiger partial charge on any atom is -0.480 e. The van der Waals surface area contributed by atoms with Crippen LogP contribution in [0.3, 0.4) is 0 Å². The molecule has 1 unspecified atom stereocenters. The second kappa shape index (κ2) is 13.0. The van der Waals surface area contributed by atoms with E-state index in [4.69, 9.17) is 5.11 Å². The molecule has 1 atom stereocenters. The van der Waals surface area contributed by atoms with E-state index in [1.54, 1.807) is 6.20 Å². The summed E-state index contributed by atoms with van der Waals surface area (Å²) in [5.41, 5.74) is 0.807. The third-order valence-electron chi connectivity index (χ3n) is 5.25. The second-order valence-electron chi connectivity index (χ2n) is 7.72. The lowest BCUT2D eigenvalue weighted by Gasteiger charge is -2.24. The number of rotatable bonds is 13. The first-order valence-corrected chi connectivity index (χ1v) is 10.6. The van der Waals surface area contributed by atoms with Crippen molar-refractivity contribution in [3.63, 3.8) is 0 Å². The van der Waals surface area contributed by atoms with Crippen molar-refractivity contribution in [3.05, 3.63) is 30.1 Å². The molecule has 4 N–H and O–H groups in total. The molecule has 0 aromatic carbocycles. The maximum absolute atomic E-state index is 12.2. The minimum absolute atomic E-state index is 0.0702. The van der Waals surface area contributed by atoms with E-state index in [1.165, 1.54) is 4.90 Å². The molecule has 2 heterocycles. The minimum atomic E-state index is -1.57. The molecule has 10 nitrogen and oxygen atoms in total. The molecule has 11 heteroatoms. The lowest BCUT2D eigenvalue weighted by atomic mass is 9.78. The molecule has 1 aromatic heterocycles. The van der Waals surface area contributed by atoms with Crippen LogP contribution in [-0.2, 0) is 20.9 Å². The summed E-state index contributed by atoms with van der Waals surface area (Å²) >= 11 is 0. The van der Waals surface area contributed by atoms with E-state index >= 15 is 0 Å². The molecule has 0 radical (unpaired) electrons. The molecule has 1 aliphatic rings. The van der Waals surface area contributed by atoms with Crippen molar-refractivity contribution in [2.45, 2.75) is 51.0 Å². The number of likely N-dealkylation sites (tertiary alicyclic amines) is 1. The summed E-state index contributed by atoms with van der Waals surface area (Å²) in [6, 6.07) is 5.52. The Hall–Kier alpha value is -2.50. The third kappa shape index (κ3) is 9.03. The lowest BCUT2D eigenvalue weighted by Crippen LogP contribution is -2.48. The number of nitrogens with zero attached hydrogens (tertiary/aromatic N) is 3. The first-order valence-electron chi connectivity index (χ1n) is 10.6. The monoisotopic (exact) mass is 434 g/mol. The van der Waals surface area contributed by atoms with Gasteiger partial charge in [0.15, 0.2) is 0 Å². The Balaban J connectivity index is 1.62. The number of carbonyl (C=O) groups excluding carboxylic acids is 2. The van der Waals surface area contributed by atoms with E-state index in [2.05, 4.69) is 10.3 Å². The zero-order chi connectivity index (χ0) is 22.6. The van der Waals surface area contributed by atoms with Gasteiger partial charge in [0, 0.05) is 25.7 Å². The molecule has 0 bridgehead atoms. The Labute approximate surface area is 182 Å². The van der Waals surface area contributed by atoms with Crippen LogP contribution in [0.2, 0.25) is 0 Å². The van der Waals surface area contributed by atoms with Crippen LogP contribution in [0.1, 0.15) is 44.2 Å². The largest absolute Gasteiger partial charge is 0.480 e. The van der Waals surface area contributed by atoms with E-state index < -0.39 is 19.0 Å². The van der Waals surface area contributed by atoms with E-state index in [0.717, 1.165) is 18.5 Å². The number of nitrogens with one attached hydrogen (secondary N) is 1. The molecule has 1 fully saturated rings. The fraction of sp³-hybridized carbons (Fsp3) is 0.600. The SMILES string of the molecule is O=C(O)CN(CCCCCC(=O)NCC(=O)N1CCCC1B(O)O)Cc1ccccn1. The molecule has 0 spiro atoms. The number of pyridine rings is 1. The van der Waals surface area contributed by atoms with Crippen LogP contribution in [0.5, 0.6) is 0 Å². The summed E-state index contributed by atoms with van der Waals surface area (Å²) in [6.07, 6.45) is 5.33. The zero-order valence-corrected chi connectivity index (χ0v) is 17.7. The van der Waals surface area contributed by atoms with Gasteiger partial charge < -0.3 is 25.4 Å². The van der Waals surface area contributed by atoms with E-state index in [0.29, 0.717) is 38.9 Å².